The Morgan fingerprint density at radius 3 is 2.12 bits per heavy atom. The van der Waals surface area contributed by atoms with E-state index in [0.717, 1.165) is 36.6 Å². The molecule has 2 aliphatic rings. The largest absolute Gasteiger partial charge is 0.481 e. The van der Waals surface area contributed by atoms with E-state index in [0.29, 0.717) is 12.3 Å². The molecule has 2 aromatic carbocycles. The van der Waals surface area contributed by atoms with Crippen LogP contribution in [0.2, 0.25) is 5.02 Å². The van der Waals surface area contributed by atoms with Gasteiger partial charge in [0.15, 0.2) is 21.3 Å². The number of carboxylic acid groups (broad SMARTS) is 2. The number of ether oxygens (including phenoxy) is 1. The number of rotatable bonds is 18. The van der Waals surface area contributed by atoms with Gasteiger partial charge in [0.2, 0.25) is 22.0 Å². The summed E-state index contributed by atoms with van der Waals surface area (Å²) in [5.41, 5.74) is -6.07. The van der Waals surface area contributed by atoms with Crippen LogP contribution < -0.4 is 9.62 Å². The van der Waals surface area contributed by atoms with Gasteiger partial charge in [0.05, 0.1) is 45.1 Å². The van der Waals surface area contributed by atoms with Crippen molar-refractivity contribution in [1.82, 2.24) is 29.9 Å². The zero-order chi connectivity index (χ0) is 55.9. The number of alkyl halides is 8. The highest BCUT2D eigenvalue weighted by Gasteiger charge is 2.68. The number of aryl methyl sites for hydroxylation is 1. The van der Waals surface area contributed by atoms with Gasteiger partial charge in [-0.1, -0.05) is 23.7 Å². The van der Waals surface area contributed by atoms with E-state index in [1.54, 1.807) is 0 Å². The Labute approximate surface area is 422 Å². The highest BCUT2D eigenvalue weighted by Crippen LogP contribution is 2.68. The number of aliphatic carboxylic acids is 2. The van der Waals surface area contributed by atoms with Gasteiger partial charge >= 0.3 is 30.4 Å². The van der Waals surface area contributed by atoms with Crippen LogP contribution >= 0.6 is 11.6 Å². The number of hydrogen-bond acceptors (Lipinski definition) is 12. The van der Waals surface area contributed by atoms with E-state index in [9.17, 15) is 81.4 Å². The van der Waals surface area contributed by atoms with Crippen LogP contribution in [0.3, 0.4) is 0 Å². The summed E-state index contributed by atoms with van der Waals surface area (Å²) in [7, 11) is -8.96. The molecule has 1 fully saturated rings. The van der Waals surface area contributed by atoms with Crippen molar-refractivity contribution in [2.45, 2.75) is 100 Å². The van der Waals surface area contributed by atoms with Gasteiger partial charge in [0.25, 0.3) is 5.92 Å². The van der Waals surface area contributed by atoms with E-state index < -0.39 is 183 Å². The summed E-state index contributed by atoms with van der Waals surface area (Å²) < 4.78 is 202. The number of nitrogens with zero attached hydrogens (tertiary/aromatic N) is 6. The Morgan fingerprint density at radius 2 is 1.56 bits per heavy atom. The Hall–Kier alpha value is -6.56. The first-order chi connectivity index (χ1) is 34.4. The molecule has 75 heavy (non-hydrogen) atoms. The molecule has 0 radical (unpaired) electrons. The van der Waals surface area contributed by atoms with Crippen LogP contribution in [0.25, 0.3) is 22.0 Å². The summed E-state index contributed by atoms with van der Waals surface area (Å²) in [4.78, 5) is 55.6. The summed E-state index contributed by atoms with van der Waals surface area (Å²) in [6, 6.07) is 4.53. The minimum Gasteiger partial charge on any atom is -0.481 e. The Kier molecular flexibility index (Phi) is 14.6. The predicted molar refractivity (Wildman–Crippen MR) is 242 cm³/mol. The monoisotopic (exact) mass is 1130 g/mol. The van der Waals surface area contributed by atoms with Crippen molar-refractivity contribution in [2.75, 3.05) is 16.8 Å². The third-order valence-corrected chi connectivity index (χ3v) is 16.0. The lowest BCUT2D eigenvalue weighted by molar-refractivity contribution is -0.152. The van der Waals surface area contributed by atoms with Gasteiger partial charge in [-0.3, -0.25) is 23.9 Å². The minimum absolute atomic E-state index is 0.0243. The second-order valence-electron chi connectivity index (χ2n) is 18.5. The molecule has 0 bridgehead atoms. The molecule has 1 unspecified atom stereocenters. The number of sulfonamides is 1. The number of aromatic nitrogens is 5. The van der Waals surface area contributed by atoms with Crippen molar-refractivity contribution < 1.29 is 94.9 Å². The van der Waals surface area contributed by atoms with Gasteiger partial charge in [-0.25, -0.2) is 35.2 Å². The summed E-state index contributed by atoms with van der Waals surface area (Å²) >= 11 is 6.56. The van der Waals surface area contributed by atoms with E-state index in [-0.39, 0.29) is 45.4 Å². The van der Waals surface area contributed by atoms with Crippen LogP contribution in [-0.4, -0.2) is 105 Å². The van der Waals surface area contributed by atoms with Crippen molar-refractivity contribution in [1.29, 1.82) is 0 Å². The second kappa shape index (κ2) is 19.5. The summed E-state index contributed by atoms with van der Waals surface area (Å²) in [6.45, 7) is -0.727. The number of hydrogen-bond donors (Lipinski definition) is 3. The zero-order valence-corrected chi connectivity index (χ0v) is 41.4. The molecule has 1 saturated carbocycles. The first-order valence-corrected chi connectivity index (χ1v) is 25.9. The molecule has 2 aliphatic carbocycles. The van der Waals surface area contributed by atoms with Crippen LogP contribution in [0.4, 0.5) is 54.5 Å². The van der Waals surface area contributed by atoms with Crippen LogP contribution in [0.5, 0.6) is 0 Å². The second-order valence-corrected chi connectivity index (χ2v) is 23.3. The molecule has 0 saturated heterocycles. The first-order valence-electron chi connectivity index (χ1n) is 21.8. The number of carbonyl (C=O) groups excluding carboxylic acids is 2. The molecule has 4 atom stereocenters. The van der Waals surface area contributed by atoms with Crippen molar-refractivity contribution >= 4 is 72.1 Å². The highest BCUT2D eigenvalue weighted by molar-refractivity contribution is 7.92. The lowest BCUT2D eigenvalue weighted by Crippen LogP contribution is -2.41. The van der Waals surface area contributed by atoms with E-state index in [1.807, 2.05) is 0 Å². The number of benzene rings is 2. The molecule has 18 nitrogen and oxygen atoms in total. The van der Waals surface area contributed by atoms with Gasteiger partial charge in [0, 0.05) is 40.6 Å². The van der Waals surface area contributed by atoms with Crippen LogP contribution in [0.1, 0.15) is 79.0 Å². The molecule has 5 aromatic rings. The number of anilines is 1. The summed E-state index contributed by atoms with van der Waals surface area (Å²) in [5.74, 6) is -15.6. The Morgan fingerprint density at radius 1 is 0.933 bits per heavy atom. The first kappa shape index (κ1) is 56.2. The normalized spacial score (nSPS) is 17.3. The Bertz CT molecular complexity index is 3380. The molecular weight excluding hydrogens is 1090 g/mol. The number of nitrogens with one attached hydrogen (secondary N) is 1. The lowest BCUT2D eigenvalue weighted by Gasteiger charge is -2.25. The van der Waals surface area contributed by atoms with Gasteiger partial charge in [0.1, 0.15) is 30.4 Å². The Balaban J connectivity index is 1.47. The highest BCUT2D eigenvalue weighted by atomic mass is 35.5. The molecule has 406 valence electrons. The average Bonchev–Trinajstić information content (AvgIpc) is 3.76. The SMILES string of the molecule is CC(C)(CCc1ccc(-c2ccc(Cl)c3c(N(C(=O)O[C@@H](CC(=O)O)C(=O)O)S(C)(=O)=O)nn(CC(F)(F)F)c23)c([C@H](Cc2cc(F)cc(F)c2)NC(=O)Cn2nc(C(F)(F)F)c3c2C(F)(F)C2C[C@H]32)n1)S(C)(=O)=O. The van der Waals surface area contributed by atoms with Crippen molar-refractivity contribution in [3.8, 4) is 11.1 Å². The molecule has 3 N–H and O–H groups in total. The van der Waals surface area contributed by atoms with E-state index in [4.69, 9.17) is 16.3 Å². The standard InChI is InChI=1S/C44H40ClF10N7O11S2/c1-41(2,74(3,69)70)10-9-22-5-6-23(24-7-8-27(45)33-35(24)61(18-42(48,49)50)59-38(33)62(75(4,71)72)40(68)73-29(39(66)67)16-31(64)65)34(56-22)28(13-19-11-20(46)14-21(47)12-19)57-30(63)17-60-37-32(36(58-60)44(53,54)55)25-15-26(25)43(37,51)52/h5-8,11-12,14,25-26,28-29H,9-10,13,15-18H2,1-4H3,(H,57,63)(H,64,65)(H,66,67)/t25-,26?,28-,29-/m0/s1. The third kappa shape index (κ3) is 11.7. The molecule has 7 rings (SSSR count). The minimum atomic E-state index is -5.26. The van der Waals surface area contributed by atoms with Crippen LogP contribution in [0, 0.1) is 17.6 Å². The van der Waals surface area contributed by atoms with Crippen molar-refractivity contribution in [3.05, 3.63) is 93.0 Å². The predicted octanol–water partition coefficient (Wildman–Crippen LogP) is 7.70. The van der Waals surface area contributed by atoms with Gasteiger partial charge < -0.3 is 20.3 Å². The maximum atomic E-state index is 15.6. The molecule has 0 aliphatic heterocycles. The number of sulfone groups is 1. The molecule has 31 heteroatoms. The smallest absolute Gasteiger partial charge is 0.435 e. The number of carbonyl (C=O) groups is 4. The quantitative estimate of drug-likeness (QED) is 0.0712. The number of pyridine rings is 1. The number of fused-ring (bicyclic) bond motifs is 4. The fraction of sp³-hybridized carbons (Fsp3) is 0.432. The lowest BCUT2D eigenvalue weighted by atomic mass is 9.93. The molecule has 3 aromatic heterocycles. The average molecular weight is 1130 g/mol. The third-order valence-electron chi connectivity index (χ3n) is 12.5. The molecule has 2 amide bonds. The number of carboxylic acids is 2. The van der Waals surface area contributed by atoms with Crippen molar-refractivity contribution in [3.63, 3.8) is 0 Å². The summed E-state index contributed by atoms with van der Waals surface area (Å²) in [5, 5.41) is 26.8. The van der Waals surface area contributed by atoms with Gasteiger partial charge in [-0.15, -0.1) is 0 Å². The summed E-state index contributed by atoms with van der Waals surface area (Å²) in [6.07, 6.45) is -16.9. The maximum Gasteiger partial charge on any atom is 0.435 e. The van der Waals surface area contributed by atoms with Gasteiger partial charge in [-0.2, -0.15) is 49.6 Å². The molecular formula is C44H40ClF10N7O11S2. The fourth-order valence-corrected chi connectivity index (χ4v) is 10.2. The number of halogens is 11. The van der Waals surface area contributed by atoms with E-state index in [2.05, 4.69) is 20.5 Å². The van der Waals surface area contributed by atoms with Crippen LogP contribution in [-0.2, 0) is 77.0 Å². The maximum absolute atomic E-state index is 15.6. The van der Waals surface area contributed by atoms with E-state index in [1.165, 1.54) is 19.9 Å². The number of amides is 2. The van der Waals surface area contributed by atoms with Crippen LogP contribution in [0.15, 0.2) is 42.5 Å². The molecule has 3 heterocycles. The fourth-order valence-electron chi connectivity index (χ4n) is 8.71. The molecule has 0 spiro atoms. The van der Waals surface area contributed by atoms with E-state index >= 15 is 8.78 Å². The van der Waals surface area contributed by atoms with Crippen molar-refractivity contribution in [2.24, 2.45) is 5.92 Å². The van der Waals surface area contributed by atoms with Gasteiger partial charge in [-0.05, 0) is 75.3 Å². The zero-order valence-electron chi connectivity index (χ0n) is 39.0. The topological polar surface area (TPSA) is 250 Å².